The summed E-state index contributed by atoms with van der Waals surface area (Å²) in [6, 6.07) is 7.53. The third kappa shape index (κ3) is 3.88. The van der Waals surface area contributed by atoms with E-state index in [1.54, 1.807) is 7.11 Å². The molecule has 0 aliphatic heterocycles. The summed E-state index contributed by atoms with van der Waals surface area (Å²) in [5.41, 5.74) is 0.965. The fraction of sp³-hybridized carbons (Fsp3) is 0.500. The number of alkyl halides is 1. The van der Waals surface area contributed by atoms with Gasteiger partial charge in [-0.25, -0.2) is 0 Å². The molecule has 0 amide bonds. The molecule has 15 heavy (non-hydrogen) atoms. The normalized spacial score (nSPS) is 12.5. The zero-order valence-corrected chi connectivity index (χ0v) is 9.20. The molecular weight excluding hydrogens is 195 g/mol. The van der Waals surface area contributed by atoms with Gasteiger partial charge in [0, 0.05) is 13.0 Å². The van der Waals surface area contributed by atoms with Gasteiger partial charge in [-0.3, -0.25) is 4.39 Å². The van der Waals surface area contributed by atoms with Crippen molar-refractivity contribution < 1.29 is 13.9 Å². The van der Waals surface area contributed by atoms with Crippen LogP contribution >= 0.6 is 0 Å². The highest BCUT2D eigenvalue weighted by molar-refractivity contribution is 5.30. The first-order chi connectivity index (χ1) is 7.27. The summed E-state index contributed by atoms with van der Waals surface area (Å²) >= 11 is 0. The third-order valence-corrected chi connectivity index (χ3v) is 2.21. The van der Waals surface area contributed by atoms with E-state index in [1.807, 2.05) is 31.2 Å². The number of hydrogen-bond acceptors (Lipinski definition) is 2. The van der Waals surface area contributed by atoms with Gasteiger partial charge in [-0.1, -0.05) is 19.1 Å². The first kappa shape index (κ1) is 12.0. The quantitative estimate of drug-likeness (QED) is 0.675. The molecule has 0 spiro atoms. The molecule has 0 bridgehead atoms. The van der Waals surface area contributed by atoms with Gasteiger partial charge in [-0.15, -0.1) is 0 Å². The number of halogens is 1. The summed E-state index contributed by atoms with van der Waals surface area (Å²) in [6.45, 7) is 2.59. The Hall–Kier alpha value is -1.09. The van der Waals surface area contributed by atoms with E-state index < -0.39 is 0 Å². The highest BCUT2D eigenvalue weighted by Gasteiger charge is 2.05. The van der Waals surface area contributed by atoms with Gasteiger partial charge in [-0.2, -0.15) is 0 Å². The van der Waals surface area contributed by atoms with E-state index in [0.29, 0.717) is 13.2 Å². The molecule has 0 saturated heterocycles. The number of benzene rings is 1. The Morgan fingerprint density at radius 1 is 1.33 bits per heavy atom. The van der Waals surface area contributed by atoms with E-state index >= 15 is 0 Å². The van der Waals surface area contributed by atoms with Gasteiger partial charge in [-0.05, 0) is 17.7 Å². The average Bonchev–Trinajstić information content (AvgIpc) is 2.29. The number of methoxy groups -OCH3 is 1. The maximum atomic E-state index is 12.4. The molecule has 0 fully saturated rings. The lowest BCUT2D eigenvalue weighted by Crippen LogP contribution is -2.04. The third-order valence-electron chi connectivity index (χ3n) is 2.21. The van der Waals surface area contributed by atoms with Crippen molar-refractivity contribution >= 4 is 0 Å². The first-order valence-corrected chi connectivity index (χ1v) is 5.05. The Labute approximate surface area is 90.0 Å². The molecule has 0 aliphatic rings. The van der Waals surface area contributed by atoms with Crippen LogP contribution in [0.1, 0.15) is 18.4 Å². The Morgan fingerprint density at radius 2 is 2.13 bits per heavy atom. The summed E-state index contributed by atoms with van der Waals surface area (Å²) in [5, 5.41) is 0. The molecule has 0 saturated carbocycles. The second-order valence-corrected chi connectivity index (χ2v) is 3.47. The van der Waals surface area contributed by atoms with Gasteiger partial charge in [0.25, 0.3) is 0 Å². The van der Waals surface area contributed by atoms with E-state index in [1.165, 1.54) is 0 Å². The molecule has 0 N–H and O–H groups in total. The van der Waals surface area contributed by atoms with Crippen LogP contribution in [0.4, 0.5) is 4.39 Å². The highest BCUT2D eigenvalue weighted by atomic mass is 19.1. The fourth-order valence-electron chi connectivity index (χ4n) is 1.24. The van der Waals surface area contributed by atoms with Crippen LogP contribution in [0.2, 0.25) is 0 Å². The highest BCUT2D eigenvalue weighted by Crippen LogP contribution is 2.20. The summed E-state index contributed by atoms with van der Waals surface area (Å²) in [4.78, 5) is 0. The predicted molar refractivity (Wildman–Crippen MR) is 58.2 cm³/mol. The summed E-state index contributed by atoms with van der Waals surface area (Å²) < 4.78 is 22.8. The zero-order valence-electron chi connectivity index (χ0n) is 9.20. The predicted octanol–water partition coefficient (Wildman–Crippen LogP) is 2.78. The smallest absolute Gasteiger partial charge is 0.119 e. The molecule has 1 unspecified atom stereocenters. The Bertz CT molecular complexity index is 289. The van der Waals surface area contributed by atoms with Crippen molar-refractivity contribution in [3.05, 3.63) is 29.8 Å². The maximum absolute atomic E-state index is 12.4. The minimum atomic E-state index is -0.346. The topological polar surface area (TPSA) is 18.5 Å². The van der Waals surface area contributed by atoms with Crippen molar-refractivity contribution in [1.82, 2.24) is 0 Å². The molecule has 1 atom stereocenters. The van der Waals surface area contributed by atoms with E-state index in [-0.39, 0.29) is 12.6 Å². The van der Waals surface area contributed by atoms with Crippen LogP contribution in [0.5, 0.6) is 5.75 Å². The van der Waals surface area contributed by atoms with Crippen molar-refractivity contribution in [3.63, 3.8) is 0 Å². The lowest BCUT2D eigenvalue weighted by molar-refractivity contribution is 0.146. The molecule has 3 heteroatoms. The second kappa shape index (κ2) is 6.40. The Kier molecular flexibility index (Phi) is 5.12. The summed E-state index contributed by atoms with van der Waals surface area (Å²) in [6.07, 6.45) is 0. The monoisotopic (exact) mass is 212 g/mol. The van der Waals surface area contributed by atoms with Crippen molar-refractivity contribution in [2.45, 2.75) is 12.8 Å². The van der Waals surface area contributed by atoms with Crippen molar-refractivity contribution in [2.24, 2.45) is 0 Å². The molecule has 0 heterocycles. The molecule has 0 aliphatic carbocycles. The van der Waals surface area contributed by atoms with Gasteiger partial charge in [0.15, 0.2) is 0 Å². The summed E-state index contributed by atoms with van der Waals surface area (Å²) in [5.74, 6) is 0.695. The van der Waals surface area contributed by atoms with Crippen LogP contribution in [-0.2, 0) is 4.74 Å². The van der Waals surface area contributed by atoms with Gasteiger partial charge < -0.3 is 9.47 Å². The lowest BCUT2D eigenvalue weighted by Gasteiger charge is -2.10. The molecule has 84 valence electrons. The minimum Gasteiger partial charge on any atom is -0.491 e. The van der Waals surface area contributed by atoms with Crippen molar-refractivity contribution in [1.29, 1.82) is 0 Å². The van der Waals surface area contributed by atoms with Crippen LogP contribution in [0.15, 0.2) is 24.3 Å². The molecule has 0 aromatic heterocycles. The van der Waals surface area contributed by atoms with Crippen LogP contribution < -0.4 is 4.74 Å². The van der Waals surface area contributed by atoms with Gasteiger partial charge >= 0.3 is 0 Å². The van der Waals surface area contributed by atoms with Crippen LogP contribution in [-0.4, -0.2) is 27.0 Å². The fourth-order valence-corrected chi connectivity index (χ4v) is 1.24. The molecule has 2 nitrogen and oxygen atoms in total. The zero-order chi connectivity index (χ0) is 11.1. The Balaban J connectivity index is 2.57. The SMILES string of the molecule is COCCOc1cccc(C(C)CF)c1. The first-order valence-electron chi connectivity index (χ1n) is 5.05. The van der Waals surface area contributed by atoms with Crippen molar-refractivity contribution in [3.8, 4) is 5.75 Å². The molecule has 0 radical (unpaired) electrons. The summed E-state index contributed by atoms with van der Waals surface area (Å²) in [7, 11) is 1.63. The van der Waals surface area contributed by atoms with Crippen LogP contribution in [0, 0.1) is 0 Å². The van der Waals surface area contributed by atoms with Crippen LogP contribution in [0.25, 0.3) is 0 Å². The van der Waals surface area contributed by atoms with Gasteiger partial charge in [0.1, 0.15) is 12.4 Å². The standard InChI is InChI=1S/C12H17FO2/c1-10(9-13)11-4-3-5-12(8-11)15-7-6-14-2/h3-5,8,10H,6-7,9H2,1-2H3. The Morgan fingerprint density at radius 3 is 2.80 bits per heavy atom. The van der Waals surface area contributed by atoms with Crippen LogP contribution in [0.3, 0.4) is 0 Å². The second-order valence-electron chi connectivity index (χ2n) is 3.47. The maximum Gasteiger partial charge on any atom is 0.119 e. The number of hydrogen-bond donors (Lipinski definition) is 0. The molecular formula is C12H17FO2. The van der Waals surface area contributed by atoms with E-state index in [2.05, 4.69) is 0 Å². The van der Waals surface area contributed by atoms with Crippen molar-refractivity contribution in [2.75, 3.05) is 27.0 Å². The van der Waals surface area contributed by atoms with Gasteiger partial charge in [0.05, 0.1) is 13.3 Å². The van der Waals surface area contributed by atoms with E-state index in [0.717, 1.165) is 11.3 Å². The van der Waals surface area contributed by atoms with E-state index in [9.17, 15) is 4.39 Å². The minimum absolute atomic E-state index is 0.0732. The lowest BCUT2D eigenvalue weighted by atomic mass is 10.0. The molecule has 1 rings (SSSR count). The number of ether oxygens (including phenoxy) is 2. The van der Waals surface area contributed by atoms with E-state index in [4.69, 9.17) is 9.47 Å². The van der Waals surface area contributed by atoms with Gasteiger partial charge in [0.2, 0.25) is 0 Å². The molecule has 1 aromatic carbocycles. The average molecular weight is 212 g/mol. The largest absolute Gasteiger partial charge is 0.491 e. The number of rotatable bonds is 6. The molecule has 1 aromatic rings.